The first kappa shape index (κ1) is 16.0. The molecule has 21 heavy (non-hydrogen) atoms. The monoisotopic (exact) mass is 352 g/mol. The number of carbonyl (C=O) groups excluding carboxylic acids is 2. The molecule has 1 aliphatic rings. The second kappa shape index (κ2) is 5.79. The van der Waals surface area contributed by atoms with E-state index in [1.807, 2.05) is 32.9 Å². The Bertz CT molecular complexity index is 577. The Kier molecular flexibility index (Phi) is 4.42. The van der Waals surface area contributed by atoms with Gasteiger partial charge in [0.05, 0.1) is 0 Å². The molecular formula is C16H21BrN2O2. The van der Waals surface area contributed by atoms with Gasteiger partial charge in [0.25, 0.3) is 5.91 Å². The van der Waals surface area contributed by atoms with Gasteiger partial charge in [0.15, 0.2) is 0 Å². The minimum Gasteiger partial charge on any atom is -0.342 e. The van der Waals surface area contributed by atoms with Crippen molar-refractivity contribution in [1.29, 1.82) is 0 Å². The molecule has 2 rings (SSSR count). The lowest BCUT2D eigenvalue weighted by Gasteiger charge is -2.31. The summed E-state index contributed by atoms with van der Waals surface area (Å²) in [6, 6.07) is 3.97. The Morgan fingerprint density at radius 1 is 1.29 bits per heavy atom. The number of carbonyl (C=O) groups is 2. The van der Waals surface area contributed by atoms with Gasteiger partial charge >= 0.3 is 0 Å². The SMILES string of the molecule is CCC1(C)NC(=O)CCN(c2cc(C)c(Br)c(C)c2)C1=O. The van der Waals surface area contributed by atoms with Crippen LogP contribution in [0.4, 0.5) is 5.69 Å². The summed E-state index contributed by atoms with van der Waals surface area (Å²) >= 11 is 3.54. The van der Waals surface area contributed by atoms with E-state index in [-0.39, 0.29) is 11.8 Å². The quantitative estimate of drug-likeness (QED) is 0.888. The highest BCUT2D eigenvalue weighted by Gasteiger charge is 2.39. The Hall–Kier alpha value is -1.36. The molecular weight excluding hydrogens is 332 g/mol. The van der Waals surface area contributed by atoms with Gasteiger partial charge in [-0.25, -0.2) is 0 Å². The van der Waals surface area contributed by atoms with Crippen molar-refractivity contribution in [2.24, 2.45) is 0 Å². The second-order valence-electron chi connectivity index (χ2n) is 5.83. The van der Waals surface area contributed by atoms with Crippen LogP contribution >= 0.6 is 15.9 Å². The summed E-state index contributed by atoms with van der Waals surface area (Å²) in [5, 5.41) is 2.86. The molecule has 0 bridgehead atoms. The van der Waals surface area contributed by atoms with Crippen LogP contribution in [0.2, 0.25) is 0 Å². The molecule has 0 saturated carbocycles. The fourth-order valence-corrected chi connectivity index (χ4v) is 2.83. The molecule has 1 heterocycles. The van der Waals surface area contributed by atoms with Crippen molar-refractivity contribution < 1.29 is 9.59 Å². The largest absolute Gasteiger partial charge is 0.342 e. The van der Waals surface area contributed by atoms with Crippen LogP contribution in [0, 0.1) is 13.8 Å². The first-order chi connectivity index (χ1) is 9.78. The van der Waals surface area contributed by atoms with Gasteiger partial charge in [-0.1, -0.05) is 22.9 Å². The van der Waals surface area contributed by atoms with Crippen molar-refractivity contribution in [1.82, 2.24) is 5.32 Å². The Morgan fingerprint density at radius 2 is 1.86 bits per heavy atom. The Morgan fingerprint density at radius 3 is 2.38 bits per heavy atom. The molecule has 0 aromatic heterocycles. The van der Waals surface area contributed by atoms with Crippen LogP contribution in [0.1, 0.15) is 37.8 Å². The van der Waals surface area contributed by atoms with Gasteiger partial charge in [0, 0.05) is 23.1 Å². The first-order valence-electron chi connectivity index (χ1n) is 7.18. The third-order valence-electron chi connectivity index (χ3n) is 4.13. The summed E-state index contributed by atoms with van der Waals surface area (Å²) in [5.41, 5.74) is 2.19. The van der Waals surface area contributed by atoms with E-state index < -0.39 is 5.54 Å². The number of anilines is 1. The zero-order valence-electron chi connectivity index (χ0n) is 12.9. The highest BCUT2D eigenvalue weighted by Crippen LogP contribution is 2.30. The molecule has 0 spiro atoms. The molecule has 1 saturated heterocycles. The van der Waals surface area contributed by atoms with Crippen LogP contribution in [-0.4, -0.2) is 23.9 Å². The number of hydrogen-bond donors (Lipinski definition) is 1. The summed E-state index contributed by atoms with van der Waals surface area (Å²) in [5.74, 6) is -0.113. The number of rotatable bonds is 2. The first-order valence-corrected chi connectivity index (χ1v) is 7.97. The lowest BCUT2D eigenvalue weighted by atomic mass is 9.96. The normalized spacial score (nSPS) is 23.0. The van der Waals surface area contributed by atoms with E-state index in [0.717, 1.165) is 21.3 Å². The minimum atomic E-state index is -0.831. The van der Waals surface area contributed by atoms with Crippen LogP contribution in [0.25, 0.3) is 0 Å². The predicted molar refractivity (Wildman–Crippen MR) is 87.4 cm³/mol. The van der Waals surface area contributed by atoms with Crippen LogP contribution in [-0.2, 0) is 9.59 Å². The van der Waals surface area contributed by atoms with Crippen molar-refractivity contribution >= 4 is 33.4 Å². The van der Waals surface area contributed by atoms with Crippen LogP contribution < -0.4 is 10.2 Å². The van der Waals surface area contributed by atoms with Gasteiger partial charge in [0.1, 0.15) is 5.54 Å². The van der Waals surface area contributed by atoms with Gasteiger partial charge in [0.2, 0.25) is 5.91 Å². The molecule has 5 heteroatoms. The molecule has 1 atom stereocenters. The molecule has 1 N–H and O–H groups in total. The van der Waals surface area contributed by atoms with Crippen molar-refractivity contribution in [3.05, 3.63) is 27.7 Å². The van der Waals surface area contributed by atoms with E-state index in [2.05, 4.69) is 21.2 Å². The number of aryl methyl sites for hydroxylation is 2. The van der Waals surface area contributed by atoms with Crippen molar-refractivity contribution in [3.63, 3.8) is 0 Å². The standard InChI is InChI=1S/C16H21BrN2O2/c1-5-16(4)15(21)19(7-6-13(20)18-16)12-8-10(2)14(17)11(3)9-12/h8-9H,5-7H2,1-4H3,(H,18,20). The summed E-state index contributed by atoms with van der Waals surface area (Å²) in [7, 11) is 0. The number of nitrogens with zero attached hydrogens (tertiary/aromatic N) is 1. The molecule has 0 radical (unpaired) electrons. The van der Waals surface area contributed by atoms with E-state index in [4.69, 9.17) is 0 Å². The number of nitrogens with one attached hydrogen (secondary N) is 1. The molecule has 2 amide bonds. The Labute approximate surface area is 134 Å². The molecule has 1 fully saturated rings. The molecule has 1 aromatic rings. The summed E-state index contributed by atoms with van der Waals surface area (Å²) in [6.07, 6.45) is 0.901. The third-order valence-corrected chi connectivity index (χ3v) is 5.39. The Balaban J connectivity index is 2.47. The van der Waals surface area contributed by atoms with E-state index in [9.17, 15) is 9.59 Å². The average Bonchev–Trinajstić information content (AvgIpc) is 2.54. The van der Waals surface area contributed by atoms with E-state index >= 15 is 0 Å². The van der Waals surface area contributed by atoms with Crippen molar-refractivity contribution in [2.75, 3.05) is 11.4 Å². The molecule has 1 aliphatic heterocycles. The third kappa shape index (κ3) is 2.98. The van der Waals surface area contributed by atoms with Gasteiger partial charge in [-0.15, -0.1) is 0 Å². The zero-order valence-corrected chi connectivity index (χ0v) is 14.5. The van der Waals surface area contributed by atoms with Gasteiger partial charge in [-0.05, 0) is 50.5 Å². The predicted octanol–water partition coefficient (Wildman–Crippen LogP) is 3.09. The fourth-order valence-electron chi connectivity index (χ4n) is 2.60. The number of amides is 2. The molecule has 114 valence electrons. The van der Waals surface area contributed by atoms with E-state index in [1.165, 1.54) is 0 Å². The molecule has 1 aromatic carbocycles. The van der Waals surface area contributed by atoms with Crippen LogP contribution in [0.15, 0.2) is 16.6 Å². The molecule has 1 unspecified atom stereocenters. The lowest BCUT2D eigenvalue weighted by Crippen LogP contribution is -2.54. The van der Waals surface area contributed by atoms with Gasteiger partial charge in [-0.3, -0.25) is 9.59 Å². The average molecular weight is 353 g/mol. The van der Waals surface area contributed by atoms with E-state index in [0.29, 0.717) is 19.4 Å². The lowest BCUT2D eigenvalue weighted by molar-refractivity contribution is -0.129. The second-order valence-corrected chi connectivity index (χ2v) is 6.63. The molecule has 0 aliphatic carbocycles. The van der Waals surface area contributed by atoms with Crippen molar-refractivity contribution in [2.45, 2.75) is 46.1 Å². The van der Waals surface area contributed by atoms with Crippen LogP contribution in [0.5, 0.6) is 0 Å². The number of hydrogen-bond acceptors (Lipinski definition) is 2. The summed E-state index contributed by atoms with van der Waals surface area (Å²) < 4.78 is 1.06. The fraction of sp³-hybridized carbons (Fsp3) is 0.500. The smallest absolute Gasteiger partial charge is 0.252 e. The van der Waals surface area contributed by atoms with Crippen molar-refractivity contribution in [3.8, 4) is 0 Å². The maximum atomic E-state index is 12.9. The highest BCUT2D eigenvalue weighted by molar-refractivity contribution is 9.10. The van der Waals surface area contributed by atoms with Gasteiger partial charge in [-0.2, -0.15) is 0 Å². The van der Waals surface area contributed by atoms with Crippen LogP contribution in [0.3, 0.4) is 0 Å². The molecule has 4 nitrogen and oxygen atoms in total. The highest BCUT2D eigenvalue weighted by atomic mass is 79.9. The minimum absolute atomic E-state index is 0.0445. The maximum absolute atomic E-state index is 12.9. The number of halogens is 1. The van der Waals surface area contributed by atoms with E-state index in [1.54, 1.807) is 11.8 Å². The topological polar surface area (TPSA) is 49.4 Å². The number of benzene rings is 1. The van der Waals surface area contributed by atoms with Gasteiger partial charge < -0.3 is 10.2 Å². The maximum Gasteiger partial charge on any atom is 0.252 e. The summed E-state index contributed by atoms with van der Waals surface area (Å²) in [6.45, 7) is 8.14. The zero-order chi connectivity index (χ0) is 15.8. The summed E-state index contributed by atoms with van der Waals surface area (Å²) in [4.78, 5) is 26.5.